The Labute approximate surface area is 71.7 Å². The number of nitrogens with zero attached hydrogens (tertiary/aromatic N) is 1. The van der Waals surface area contributed by atoms with Crippen LogP contribution in [0.1, 0.15) is 20.3 Å². The summed E-state index contributed by atoms with van der Waals surface area (Å²) in [6.07, 6.45) is 5.18. The molecule has 1 aliphatic heterocycles. The van der Waals surface area contributed by atoms with Crippen molar-refractivity contribution in [2.75, 3.05) is 0 Å². The van der Waals surface area contributed by atoms with Crippen LogP contribution in [0.15, 0.2) is 28.6 Å². The van der Waals surface area contributed by atoms with E-state index >= 15 is 0 Å². The van der Waals surface area contributed by atoms with Crippen LogP contribution < -0.4 is 5.48 Å². The Balaban J connectivity index is 2.25. The summed E-state index contributed by atoms with van der Waals surface area (Å²) in [6, 6.07) is 0. The number of hydrogen-bond acceptors (Lipinski definition) is 3. The number of hydrogen-bond donors (Lipinski definition) is 1. The molecule has 3 heteroatoms. The van der Waals surface area contributed by atoms with Gasteiger partial charge in [0.25, 0.3) is 0 Å². The summed E-state index contributed by atoms with van der Waals surface area (Å²) >= 11 is 0. The molecule has 0 amide bonds. The summed E-state index contributed by atoms with van der Waals surface area (Å²) in [4.78, 5) is 4.76. The smallest absolute Gasteiger partial charge is 0.113 e. The minimum absolute atomic E-state index is 0.571. The van der Waals surface area contributed by atoms with Crippen molar-refractivity contribution >= 4 is 5.71 Å². The van der Waals surface area contributed by atoms with Crippen molar-refractivity contribution in [2.24, 2.45) is 11.1 Å². The molecule has 1 N–H and O–H groups in total. The lowest BCUT2D eigenvalue weighted by atomic mass is 9.95. The average molecular weight is 164 g/mol. The van der Waals surface area contributed by atoms with Gasteiger partial charge >= 0.3 is 0 Å². The average Bonchev–Trinajstić information content (AvgIpc) is 2.49. The summed E-state index contributed by atoms with van der Waals surface area (Å²) in [5.41, 5.74) is 6.12. The Morgan fingerprint density at radius 3 is 3.17 bits per heavy atom. The van der Waals surface area contributed by atoms with Gasteiger partial charge in [-0.1, -0.05) is 25.1 Å². The first kappa shape index (κ1) is 7.40. The molecule has 1 aliphatic carbocycles. The Hall–Kier alpha value is -1.25. The van der Waals surface area contributed by atoms with Crippen LogP contribution >= 0.6 is 0 Å². The maximum absolute atomic E-state index is 4.76. The summed E-state index contributed by atoms with van der Waals surface area (Å²) in [7, 11) is 0. The molecule has 0 saturated heterocycles. The number of nitrogens with one attached hydrogen (secondary N) is 1. The Morgan fingerprint density at radius 1 is 1.58 bits per heavy atom. The lowest BCUT2D eigenvalue weighted by Crippen LogP contribution is -2.13. The van der Waals surface area contributed by atoms with Crippen LogP contribution in [-0.4, -0.2) is 5.71 Å². The van der Waals surface area contributed by atoms with E-state index in [9.17, 15) is 0 Å². The molecule has 0 aromatic heterocycles. The van der Waals surface area contributed by atoms with E-state index in [1.807, 2.05) is 0 Å². The Kier molecular flexibility index (Phi) is 1.64. The van der Waals surface area contributed by atoms with Crippen molar-refractivity contribution < 1.29 is 4.94 Å². The zero-order valence-corrected chi connectivity index (χ0v) is 7.29. The minimum atomic E-state index is 0.571. The van der Waals surface area contributed by atoms with E-state index in [-0.39, 0.29) is 0 Å². The largest absolute Gasteiger partial charge is 0.270 e. The highest BCUT2D eigenvalue weighted by Gasteiger charge is 2.19. The van der Waals surface area contributed by atoms with Gasteiger partial charge in [-0.2, -0.15) is 5.48 Å². The molecule has 0 aromatic rings. The molecule has 0 fully saturated rings. The van der Waals surface area contributed by atoms with Gasteiger partial charge in [0.1, 0.15) is 5.71 Å². The monoisotopic (exact) mass is 164 g/mol. The molecular weight excluding hydrogens is 152 g/mol. The fraction of sp³-hybridized carbons (Fsp3) is 0.444. The second kappa shape index (κ2) is 2.66. The first-order valence-electron chi connectivity index (χ1n) is 4.18. The fourth-order valence-electron chi connectivity index (χ4n) is 1.34. The molecular formula is C9H12N2O. The first-order chi connectivity index (χ1) is 5.77. The predicted molar refractivity (Wildman–Crippen MR) is 47.3 cm³/mol. The fourth-order valence-corrected chi connectivity index (χ4v) is 1.34. The molecule has 0 spiro atoms. The summed E-state index contributed by atoms with van der Waals surface area (Å²) in [5.74, 6) is 0.571. The summed E-state index contributed by atoms with van der Waals surface area (Å²) in [6.45, 7) is 4.36. The van der Waals surface area contributed by atoms with Crippen LogP contribution in [0.3, 0.4) is 0 Å². The van der Waals surface area contributed by atoms with Crippen LogP contribution in [0.25, 0.3) is 0 Å². The maximum Gasteiger partial charge on any atom is 0.113 e. The van der Waals surface area contributed by atoms with Crippen LogP contribution in [0, 0.1) is 5.92 Å². The molecule has 3 nitrogen and oxygen atoms in total. The molecule has 0 aromatic carbocycles. The van der Waals surface area contributed by atoms with E-state index < -0.39 is 0 Å². The molecule has 12 heavy (non-hydrogen) atoms. The quantitative estimate of drug-likeness (QED) is 0.640. The van der Waals surface area contributed by atoms with E-state index in [1.54, 1.807) is 0 Å². The molecule has 0 saturated carbocycles. The number of hydroxylamine groups is 1. The van der Waals surface area contributed by atoms with Gasteiger partial charge in [-0.25, -0.2) is 0 Å². The number of fused-ring (bicyclic) bond motifs is 1. The highest BCUT2D eigenvalue weighted by atomic mass is 16.8. The molecule has 0 radical (unpaired) electrons. The molecule has 0 bridgehead atoms. The third-order valence-corrected chi connectivity index (χ3v) is 2.13. The maximum atomic E-state index is 4.76. The summed E-state index contributed by atoms with van der Waals surface area (Å²) in [5, 5.41) is 3.84. The van der Waals surface area contributed by atoms with E-state index in [1.165, 1.54) is 5.57 Å². The van der Waals surface area contributed by atoms with Crippen molar-refractivity contribution in [1.29, 1.82) is 0 Å². The van der Waals surface area contributed by atoms with Crippen molar-refractivity contribution in [3.05, 3.63) is 23.4 Å². The van der Waals surface area contributed by atoms with Crippen LogP contribution in [-0.2, 0) is 4.94 Å². The molecule has 1 heterocycles. The van der Waals surface area contributed by atoms with Crippen LogP contribution in [0.2, 0.25) is 0 Å². The second-order valence-corrected chi connectivity index (χ2v) is 3.35. The lowest BCUT2D eigenvalue weighted by molar-refractivity contribution is 0.0905. The lowest BCUT2D eigenvalue weighted by Gasteiger charge is -2.12. The van der Waals surface area contributed by atoms with Gasteiger partial charge in [0.15, 0.2) is 0 Å². The third-order valence-electron chi connectivity index (χ3n) is 2.13. The standard InChI is InChI=1S/C9H12N2O/c1-6(2)7-3-4-8-9(5-7)11-12-10-8/h3,5-6,11H,4H2,1-2H3. The SMILES string of the molecule is CC(C)C1=CCC2=NONC2=C1. The van der Waals surface area contributed by atoms with Crippen molar-refractivity contribution in [1.82, 2.24) is 5.48 Å². The van der Waals surface area contributed by atoms with Gasteiger partial charge < -0.3 is 0 Å². The molecule has 2 aliphatic rings. The molecule has 2 rings (SSSR count). The van der Waals surface area contributed by atoms with Crippen molar-refractivity contribution in [2.45, 2.75) is 20.3 Å². The number of allylic oxidation sites excluding steroid dienone is 4. The van der Waals surface area contributed by atoms with Gasteiger partial charge in [-0.05, 0) is 17.6 Å². The third kappa shape index (κ3) is 1.11. The van der Waals surface area contributed by atoms with Crippen molar-refractivity contribution in [3.8, 4) is 0 Å². The molecule has 64 valence electrons. The number of rotatable bonds is 1. The summed E-state index contributed by atoms with van der Waals surface area (Å²) < 4.78 is 0. The van der Waals surface area contributed by atoms with Crippen molar-refractivity contribution in [3.63, 3.8) is 0 Å². The normalized spacial score (nSPS) is 20.4. The zero-order chi connectivity index (χ0) is 8.55. The molecule has 0 unspecified atom stereocenters. The highest BCUT2D eigenvalue weighted by Crippen LogP contribution is 2.22. The van der Waals surface area contributed by atoms with Gasteiger partial charge in [0, 0.05) is 6.42 Å². The van der Waals surface area contributed by atoms with E-state index in [0.29, 0.717) is 5.92 Å². The van der Waals surface area contributed by atoms with E-state index in [0.717, 1.165) is 17.8 Å². The second-order valence-electron chi connectivity index (χ2n) is 3.35. The van der Waals surface area contributed by atoms with Gasteiger partial charge in [0.2, 0.25) is 0 Å². The van der Waals surface area contributed by atoms with Gasteiger partial charge in [0.05, 0.1) is 5.70 Å². The van der Waals surface area contributed by atoms with Crippen LogP contribution in [0.4, 0.5) is 0 Å². The predicted octanol–water partition coefficient (Wildman–Crippen LogP) is 1.75. The zero-order valence-electron chi connectivity index (χ0n) is 7.29. The van der Waals surface area contributed by atoms with Crippen LogP contribution in [0.5, 0.6) is 0 Å². The highest BCUT2D eigenvalue weighted by molar-refractivity contribution is 6.02. The number of oxime groups is 1. The Bertz CT molecular complexity index is 287. The minimum Gasteiger partial charge on any atom is -0.270 e. The van der Waals surface area contributed by atoms with Gasteiger partial charge in [-0.15, -0.1) is 0 Å². The molecule has 0 atom stereocenters. The van der Waals surface area contributed by atoms with Gasteiger partial charge in [-0.3, -0.25) is 4.94 Å². The first-order valence-corrected chi connectivity index (χ1v) is 4.18. The topological polar surface area (TPSA) is 33.6 Å². The van der Waals surface area contributed by atoms with E-state index in [4.69, 9.17) is 4.94 Å². The Morgan fingerprint density at radius 2 is 2.42 bits per heavy atom. The van der Waals surface area contributed by atoms with E-state index in [2.05, 4.69) is 36.6 Å².